The summed E-state index contributed by atoms with van der Waals surface area (Å²) in [6.45, 7) is 4.21. The fourth-order valence-electron chi connectivity index (χ4n) is 2.44. The molecule has 1 aliphatic rings. The van der Waals surface area contributed by atoms with Crippen LogP contribution >= 0.6 is 11.3 Å². The minimum Gasteiger partial charge on any atom is -0.399 e. The van der Waals surface area contributed by atoms with E-state index in [-0.39, 0.29) is 0 Å². The maximum Gasteiger partial charge on any atom is 0.0440 e. The Balaban J connectivity index is 1.91. The Morgan fingerprint density at radius 2 is 2.18 bits per heavy atom. The van der Waals surface area contributed by atoms with Gasteiger partial charge in [-0.05, 0) is 54.1 Å². The molecule has 0 bridgehead atoms. The largest absolute Gasteiger partial charge is 0.399 e. The van der Waals surface area contributed by atoms with Crippen LogP contribution in [-0.2, 0) is 13.0 Å². The third-order valence-electron chi connectivity index (χ3n) is 3.26. The Morgan fingerprint density at radius 1 is 1.29 bits per heavy atom. The number of nitrogens with two attached hydrogens (primary N) is 1. The van der Waals surface area contributed by atoms with Gasteiger partial charge in [-0.25, -0.2) is 0 Å². The molecule has 1 aliphatic heterocycles. The van der Waals surface area contributed by atoms with Crippen molar-refractivity contribution >= 4 is 22.7 Å². The number of nitrogens with zero attached hydrogens (tertiary/aromatic N) is 1. The number of anilines is 2. The van der Waals surface area contributed by atoms with E-state index in [4.69, 9.17) is 5.73 Å². The second kappa shape index (κ2) is 4.08. The van der Waals surface area contributed by atoms with Crippen LogP contribution in [0, 0.1) is 6.92 Å². The number of benzene rings is 1. The molecular formula is C14H16N2S. The number of nitrogen functional groups attached to an aromatic ring is 1. The Hall–Kier alpha value is -1.48. The third kappa shape index (κ3) is 2.03. The van der Waals surface area contributed by atoms with E-state index in [1.54, 1.807) is 4.88 Å². The normalized spacial score (nSPS) is 14.8. The monoisotopic (exact) mass is 244 g/mol. The van der Waals surface area contributed by atoms with Crippen LogP contribution < -0.4 is 10.6 Å². The average Bonchev–Trinajstić information content (AvgIpc) is 2.74. The molecule has 3 heteroatoms. The van der Waals surface area contributed by atoms with Crippen LogP contribution in [-0.4, -0.2) is 6.54 Å². The van der Waals surface area contributed by atoms with Crippen LogP contribution in [0.2, 0.25) is 0 Å². The molecule has 0 aliphatic carbocycles. The van der Waals surface area contributed by atoms with Crippen molar-refractivity contribution in [3.05, 3.63) is 45.6 Å². The molecule has 88 valence electrons. The van der Waals surface area contributed by atoms with E-state index < -0.39 is 0 Å². The molecule has 0 saturated carbocycles. The predicted octanol–water partition coefficient (Wildman–Crippen LogP) is 3.20. The van der Waals surface area contributed by atoms with Crippen molar-refractivity contribution in [3.63, 3.8) is 0 Å². The zero-order chi connectivity index (χ0) is 11.8. The number of hydrogen-bond donors (Lipinski definition) is 1. The van der Waals surface area contributed by atoms with E-state index in [0.717, 1.165) is 25.2 Å². The lowest BCUT2D eigenvalue weighted by atomic mass is 10.1. The number of rotatable bonds is 1. The van der Waals surface area contributed by atoms with Crippen LogP contribution in [0.25, 0.3) is 0 Å². The fourth-order valence-corrected chi connectivity index (χ4v) is 3.33. The standard InChI is InChI=1S/C14H16N2S/c1-10-6-12(15)8-13(7-10)16-4-2-14-11(9-16)3-5-17-14/h3,5-8H,2,4,9,15H2,1H3. The van der Waals surface area contributed by atoms with Crippen LogP contribution in [0.15, 0.2) is 29.6 Å². The lowest BCUT2D eigenvalue weighted by Crippen LogP contribution is -2.29. The molecule has 3 rings (SSSR count). The van der Waals surface area contributed by atoms with Gasteiger partial charge in [0.05, 0.1) is 0 Å². The number of thiophene rings is 1. The first-order valence-electron chi connectivity index (χ1n) is 5.90. The first-order chi connectivity index (χ1) is 8.22. The summed E-state index contributed by atoms with van der Waals surface area (Å²) in [5.74, 6) is 0. The Morgan fingerprint density at radius 3 is 3.00 bits per heavy atom. The second-order valence-corrected chi connectivity index (χ2v) is 5.64. The van der Waals surface area contributed by atoms with E-state index in [2.05, 4.69) is 35.4 Å². The lowest BCUT2D eigenvalue weighted by molar-refractivity contribution is 0.743. The summed E-state index contributed by atoms with van der Waals surface area (Å²) < 4.78 is 0. The minimum atomic E-state index is 0.858. The average molecular weight is 244 g/mol. The van der Waals surface area contributed by atoms with Crippen molar-refractivity contribution in [2.24, 2.45) is 0 Å². The minimum absolute atomic E-state index is 0.858. The SMILES string of the molecule is Cc1cc(N)cc(N2CCc3sccc3C2)c1. The van der Waals surface area contributed by atoms with Gasteiger partial charge in [-0.3, -0.25) is 0 Å². The molecule has 0 saturated heterocycles. The Bertz CT molecular complexity index is 525. The van der Waals surface area contributed by atoms with E-state index in [9.17, 15) is 0 Å². The zero-order valence-electron chi connectivity index (χ0n) is 9.94. The molecule has 0 unspecified atom stereocenters. The van der Waals surface area contributed by atoms with Crippen LogP contribution in [0.4, 0.5) is 11.4 Å². The highest BCUT2D eigenvalue weighted by Crippen LogP contribution is 2.29. The molecule has 2 heterocycles. The quantitative estimate of drug-likeness (QED) is 0.781. The van der Waals surface area contributed by atoms with Crippen LogP contribution in [0.1, 0.15) is 16.0 Å². The third-order valence-corrected chi connectivity index (χ3v) is 4.28. The summed E-state index contributed by atoms with van der Waals surface area (Å²) in [4.78, 5) is 3.96. The fraction of sp³-hybridized carbons (Fsp3) is 0.286. The second-order valence-electron chi connectivity index (χ2n) is 4.64. The molecule has 0 spiro atoms. The highest BCUT2D eigenvalue weighted by Gasteiger charge is 2.17. The summed E-state index contributed by atoms with van der Waals surface area (Å²) in [6, 6.07) is 8.55. The molecule has 17 heavy (non-hydrogen) atoms. The molecule has 1 aromatic heterocycles. The van der Waals surface area contributed by atoms with E-state index in [0.29, 0.717) is 0 Å². The van der Waals surface area contributed by atoms with Gasteiger partial charge < -0.3 is 10.6 Å². The summed E-state index contributed by atoms with van der Waals surface area (Å²) in [5.41, 5.74) is 10.7. The van der Waals surface area contributed by atoms with Crippen molar-refractivity contribution in [1.82, 2.24) is 0 Å². The zero-order valence-corrected chi connectivity index (χ0v) is 10.8. The molecular weight excluding hydrogens is 228 g/mol. The van der Waals surface area contributed by atoms with Gasteiger partial charge in [0.2, 0.25) is 0 Å². The van der Waals surface area contributed by atoms with Crippen molar-refractivity contribution in [3.8, 4) is 0 Å². The van der Waals surface area contributed by atoms with Crippen LogP contribution in [0.3, 0.4) is 0 Å². The number of fused-ring (bicyclic) bond motifs is 1. The summed E-state index contributed by atoms with van der Waals surface area (Å²) >= 11 is 1.88. The van der Waals surface area contributed by atoms with E-state index in [1.165, 1.54) is 16.8 Å². The van der Waals surface area contributed by atoms with Gasteiger partial charge in [-0.1, -0.05) is 0 Å². The number of aryl methyl sites for hydroxylation is 1. The maximum absolute atomic E-state index is 5.92. The number of hydrogen-bond acceptors (Lipinski definition) is 3. The highest BCUT2D eigenvalue weighted by atomic mass is 32.1. The summed E-state index contributed by atoms with van der Waals surface area (Å²) in [6.07, 6.45) is 1.15. The van der Waals surface area contributed by atoms with Gasteiger partial charge >= 0.3 is 0 Å². The van der Waals surface area contributed by atoms with Gasteiger partial charge in [-0.15, -0.1) is 11.3 Å². The first kappa shape index (κ1) is 10.7. The smallest absolute Gasteiger partial charge is 0.0440 e. The lowest BCUT2D eigenvalue weighted by Gasteiger charge is -2.29. The molecule has 1 aromatic carbocycles. The van der Waals surface area contributed by atoms with Crippen molar-refractivity contribution in [1.29, 1.82) is 0 Å². The van der Waals surface area contributed by atoms with Crippen molar-refractivity contribution in [2.75, 3.05) is 17.2 Å². The Labute approximate surface area is 106 Å². The summed E-state index contributed by atoms with van der Waals surface area (Å²) in [7, 11) is 0. The van der Waals surface area contributed by atoms with Crippen molar-refractivity contribution in [2.45, 2.75) is 19.9 Å². The molecule has 2 aromatic rings. The van der Waals surface area contributed by atoms with Crippen LogP contribution in [0.5, 0.6) is 0 Å². The molecule has 2 nitrogen and oxygen atoms in total. The van der Waals surface area contributed by atoms with Gasteiger partial charge in [0, 0.05) is 29.3 Å². The molecule has 0 amide bonds. The van der Waals surface area contributed by atoms with E-state index in [1.807, 2.05) is 17.4 Å². The Kier molecular flexibility index (Phi) is 2.56. The highest BCUT2D eigenvalue weighted by molar-refractivity contribution is 7.10. The molecule has 0 fully saturated rings. The maximum atomic E-state index is 5.92. The first-order valence-corrected chi connectivity index (χ1v) is 6.78. The van der Waals surface area contributed by atoms with Gasteiger partial charge in [0.1, 0.15) is 0 Å². The van der Waals surface area contributed by atoms with Crippen molar-refractivity contribution < 1.29 is 0 Å². The van der Waals surface area contributed by atoms with Gasteiger partial charge in [-0.2, -0.15) is 0 Å². The topological polar surface area (TPSA) is 29.3 Å². The van der Waals surface area contributed by atoms with Gasteiger partial charge in [0.25, 0.3) is 0 Å². The summed E-state index contributed by atoms with van der Waals surface area (Å²) in [5, 5.41) is 2.19. The van der Waals surface area contributed by atoms with E-state index >= 15 is 0 Å². The molecule has 0 radical (unpaired) electrons. The molecule has 0 atom stereocenters. The molecule has 2 N–H and O–H groups in total. The van der Waals surface area contributed by atoms with Gasteiger partial charge in [0.15, 0.2) is 0 Å². The predicted molar refractivity (Wildman–Crippen MR) is 74.7 cm³/mol.